The summed E-state index contributed by atoms with van der Waals surface area (Å²) in [7, 11) is 0. The number of hydrogen-bond donors (Lipinski definition) is 1. The predicted molar refractivity (Wildman–Crippen MR) is 69.9 cm³/mol. The summed E-state index contributed by atoms with van der Waals surface area (Å²) < 4.78 is 0.412. The van der Waals surface area contributed by atoms with Gasteiger partial charge >= 0.3 is 0 Å². The maximum atomic E-state index is 4.06. The van der Waals surface area contributed by atoms with Crippen LogP contribution in [0.1, 0.15) is 32.1 Å². The second kappa shape index (κ2) is 5.53. The summed E-state index contributed by atoms with van der Waals surface area (Å²) in [5.41, 5.74) is 0. The van der Waals surface area contributed by atoms with E-state index < -0.39 is 0 Å². The summed E-state index contributed by atoms with van der Waals surface area (Å²) in [6, 6.07) is 3.89. The Morgan fingerprint density at radius 3 is 2.81 bits per heavy atom. The first kappa shape index (κ1) is 11.7. The predicted octanol–water partition coefficient (Wildman–Crippen LogP) is 2.95. The van der Waals surface area contributed by atoms with Crippen molar-refractivity contribution < 1.29 is 0 Å². The van der Waals surface area contributed by atoms with Gasteiger partial charge in [-0.25, -0.2) is 0 Å². The topological polar surface area (TPSA) is 37.8 Å². The molecule has 1 saturated carbocycles. The number of aromatic nitrogens is 2. The molecule has 1 fully saturated rings. The van der Waals surface area contributed by atoms with Gasteiger partial charge in [-0.3, -0.25) is 0 Å². The van der Waals surface area contributed by atoms with Crippen molar-refractivity contribution in [2.75, 3.05) is 18.1 Å². The highest BCUT2D eigenvalue weighted by Crippen LogP contribution is 2.38. The molecule has 0 aromatic carbocycles. The van der Waals surface area contributed by atoms with Crippen LogP contribution in [0.5, 0.6) is 0 Å². The zero-order valence-electron chi connectivity index (χ0n) is 9.78. The third kappa shape index (κ3) is 2.88. The summed E-state index contributed by atoms with van der Waals surface area (Å²) in [5, 5.41) is 11.3. The highest BCUT2D eigenvalue weighted by atomic mass is 32.2. The minimum atomic E-state index is 0.412. The Labute approximate surface area is 101 Å². The van der Waals surface area contributed by atoms with E-state index in [0.29, 0.717) is 4.75 Å². The van der Waals surface area contributed by atoms with Crippen LogP contribution in [0, 0.1) is 0 Å². The van der Waals surface area contributed by atoms with E-state index in [0.717, 1.165) is 12.4 Å². The smallest absolute Gasteiger partial charge is 0.148 e. The normalized spacial score (nSPS) is 19.3. The lowest BCUT2D eigenvalue weighted by Gasteiger charge is -2.35. The molecule has 0 atom stereocenters. The molecule has 0 unspecified atom stereocenters. The Bertz CT molecular complexity index is 309. The fraction of sp³-hybridized carbons (Fsp3) is 0.667. The molecule has 16 heavy (non-hydrogen) atoms. The first-order valence-corrected chi connectivity index (χ1v) is 7.14. The van der Waals surface area contributed by atoms with Crippen LogP contribution < -0.4 is 5.32 Å². The van der Waals surface area contributed by atoms with Gasteiger partial charge < -0.3 is 5.32 Å². The van der Waals surface area contributed by atoms with E-state index in [2.05, 4.69) is 21.8 Å². The lowest BCUT2D eigenvalue weighted by atomic mass is 9.88. The maximum absolute atomic E-state index is 4.06. The van der Waals surface area contributed by atoms with Crippen LogP contribution in [-0.2, 0) is 0 Å². The summed E-state index contributed by atoms with van der Waals surface area (Å²) in [4.78, 5) is 0. The van der Waals surface area contributed by atoms with Crippen LogP contribution in [0.25, 0.3) is 0 Å². The van der Waals surface area contributed by atoms with Crippen molar-refractivity contribution in [2.45, 2.75) is 36.9 Å². The fourth-order valence-electron chi connectivity index (χ4n) is 2.30. The quantitative estimate of drug-likeness (QED) is 0.873. The number of nitrogens with zero attached hydrogens (tertiary/aromatic N) is 2. The summed E-state index contributed by atoms with van der Waals surface area (Å²) in [6.45, 7) is 1.01. The van der Waals surface area contributed by atoms with E-state index >= 15 is 0 Å². The minimum Gasteiger partial charge on any atom is -0.367 e. The fourth-order valence-corrected chi connectivity index (χ4v) is 3.21. The molecule has 0 spiro atoms. The van der Waals surface area contributed by atoms with Crippen molar-refractivity contribution in [3.05, 3.63) is 18.3 Å². The third-order valence-electron chi connectivity index (χ3n) is 3.36. The molecule has 1 N–H and O–H groups in total. The van der Waals surface area contributed by atoms with Gasteiger partial charge in [0.05, 0.1) is 0 Å². The van der Waals surface area contributed by atoms with E-state index in [1.54, 1.807) is 6.20 Å². The molecule has 88 valence electrons. The standard InChI is InChI=1S/C12H19N3S/c1-16-12(7-3-2-4-8-12)10-13-11-6-5-9-14-15-11/h5-6,9H,2-4,7-8,10H2,1H3,(H,13,15). The van der Waals surface area contributed by atoms with Gasteiger partial charge in [0.25, 0.3) is 0 Å². The van der Waals surface area contributed by atoms with Gasteiger partial charge in [-0.15, -0.1) is 5.10 Å². The maximum Gasteiger partial charge on any atom is 0.148 e. The molecule has 1 heterocycles. The zero-order chi connectivity index (χ0) is 11.3. The minimum absolute atomic E-state index is 0.412. The third-order valence-corrected chi connectivity index (χ3v) is 4.78. The number of anilines is 1. The van der Waals surface area contributed by atoms with E-state index in [1.807, 2.05) is 23.9 Å². The number of thioether (sulfide) groups is 1. The molecule has 2 rings (SSSR count). The number of nitrogens with one attached hydrogen (secondary N) is 1. The van der Waals surface area contributed by atoms with Crippen LogP contribution in [0.15, 0.2) is 18.3 Å². The van der Waals surface area contributed by atoms with E-state index in [-0.39, 0.29) is 0 Å². The van der Waals surface area contributed by atoms with Gasteiger partial charge in [-0.1, -0.05) is 19.3 Å². The molecule has 0 radical (unpaired) electrons. The molecule has 0 saturated heterocycles. The molecule has 1 aromatic rings. The summed E-state index contributed by atoms with van der Waals surface area (Å²) in [5.74, 6) is 0.890. The molecule has 1 aliphatic rings. The monoisotopic (exact) mass is 237 g/mol. The van der Waals surface area contributed by atoms with Crippen LogP contribution in [0.4, 0.5) is 5.82 Å². The average Bonchev–Trinajstić information content (AvgIpc) is 2.39. The molecule has 1 aromatic heterocycles. The molecular formula is C12H19N3S. The first-order chi connectivity index (χ1) is 7.85. The second-order valence-corrected chi connectivity index (χ2v) is 5.68. The SMILES string of the molecule is CSC1(CNc2cccnn2)CCCCC1. The number of hydrogen-bond acceptors (Lipinski definition) is 4. The van der Waals surface area contributed by atoms with E-state index in [1.165, 1.54) is 32.1 Å². The van der Waals surface area contributed by atoms with E-state index in [4.69, 9.17) is 0 Å². The van der Waals surface area contributed by atoms with Crippen molar-refractivity contribution in [1.82, 2.24) is 10.2 Å². The van der Waals surface area contributed by atoms with Gasteiger partial charge in [-0.05, 0) is 31.2 Å². The Kier molecular flexibility index (Phi) is 4.04. The molecular weight excluding hydrogens is 218 g/mol. The van der Waals surface area contributed by atoms with Gasteiger partial charge in [0.15, 0.2) is 0 Å². The zero-order valence-corrected chi connectivity index (χ0v) is 10.6. The van der Waals surface area contributed by atoms with Crippen molar-refractivity contribution >= 4 is 17.6 Å². The Balaban J connectivity index is 1.92. The van der Waals surface area contributed by atoms with Gasteiger partial charge in [0, 0.05) is 17.5 Å². The molecule has 0 aliphatic heterocycles. The highest BCUT2D eigenvalue weighted by Gasteiger charge is 2.30. The van der Waals surface area contributed by atoms with Crippen molar-refractivity contribution in [1.29, 1.82) is 0 Å². The average molecular weight is 237 g/mol. The Hall–Kier alpha value is -0.770. The van der Waals surface area contributed by atoms with Crippen LogP contribution >= 0.6 is 11.8 Å². The van der Waals surface area contributed by atoms with Crippen molar-refractivity contribution in [3.8, 4) is 0 Å². The number of rotatable bonds is 4. The summed E-state index contributed by atoms with van der Waals surface area (Å²) in [6.07, 6.45) is 10.7. The molecule has 0 amide bonds. The molecule has 3 nitrogen and oxygen atoms in total. The summed E-state index contributed by atoms with van der Waals surface area (Å²) >= 11 is 2.00. The van der Waals surface area contributed by atoms with Gasteiger partial charge in [0.2, 0.25) is 0 Å². The van der Waals surface area contributed by atoms with Crippen LogP contribution in [0.3, 0.4) is 0 Å². The van der Waals surface area contributed by atoms with Crippen LogP contribution in [-0.4, -0.2) is 27.7 Å². The Morgan fingerprint density at radius 2 is 2.19 bits per heavy atom. The molecule has 0 bridgehead atoms. The highest BCUT2D eigenvalue weighted by molar-refractivity contribution is 8.00. The van der Waals surface area contributed by atoms with Gasteiger partial charge in [-0.2, -0.15) is 16.9 Å². The first-order valence-electron chi connectivity index (χ1n) is 5.91. The van der Waals surface area contributed by atoms with E-state index in [9.17, 15) is 0 Å². The van der Waals surface area contributed by atoms with Gasteiger partial charge in [0.1, 0.15) is 5.82 Å². The van der Waals surface area contributed by atoms with Crippen molar-refractivity contribution in [2.24, 2.45) is 0 Å². The largest absolute Gasteiger partial charge is 0.367 e. The van der Waals surface area contributed by atoms with Crippen molar-refractivity contribution in [3.63, 3.8) is 0 Å². The molecule has 4 heteroatoms. The second-order valence-electron chi connectivity index (χ2n) is 4.41. The lowest BCUT2D eigenvalue weighted by Crippen LogP contribution is -2.35. The lowest BCUT2D eigenvalue weighted by molar-refractivity contribution is 0.411. The Morgan fingerprint density at radius 1 is 1.38 bits per heavy atom. The molecule has 1 aliphatic carbocycles. The van der Waals surface area contributed by atoms with Crippen LogP contribution in [0.2, 0.25) is 0 Å².